The van der Waals surface area contributed by atoms with Gasteiger partial charge in [-0.25, -0.2) is 9.78 Å². The monoisotopic (exact) mass is 294 g/mol. The highest BCUT2D eigenvalue weighted by atomic mass is 32.1. The van der Waals surface area contributed by atoms with E-state index in [1.165, 1.54) is 11.3 Å². The van der Waals surface area contributed by atoms with Crippen molar-refractivity contribution in [3.05, 3.63) is 29.3 Å². The van der Waals surface area contributed by atoms with E-state index in [4.69, 9.17) is 10.2 Å². The van der Waals surface area contributed by atoms with Gasteiger partial charge in [-0.1, -0.05) is 12.1 Å². The fraction of sp³-hybridized carbons (Fsp3) is 0.308. The van der Waals surface area contributed by atoms with Gasteiger partial charge in [-0.3, -0.25) is 4.79 Å². The fourth-order valence-electron chi connectivity index (χ4n) is 1.70. The number of fused-ring (bicyclic) bond motifs is 1. The zero-order valence-corrected chi connectivity index (χ0v) is 11.4. The number of carbonyl (C=O) groups is 2. The molecule has 0 saturated heterocycles. The summed E-state index contributed by atoms with van der Waals surface area (Å²) in [6.07, 6.45) is 0.590. The Bertz CT molecular complexity index is 593. The van der Waals surface area contributed by atoms with Crippen LogP contribution in [0, 0.1) is 0 Å². The number of aryl methyl sites for hydroxylation is 1. The van der Waals surface area contributed by atoms with Crippen molar-refractivity contribution < 1.29 is 19.8 Å². The number of para-hydroxylation sites is 1. The van der Waals surface area contributed by atoms with Gasteiger partial charge in [-0.15, -0.1) is 11.3 Å². The highest BCUT2D eigenvalue weighted by molar-refractivity contribution is 7.18. The van der Waals surface area contributed by atoms with Gasteiger partial charge >= 0.3 is 5.97 Å². The quantitative estimate of drug-likeness (QED) is 0.731. The summed E-state index contributed by atoms with van der Waals surface area (Å²) in [5.74, 6) is -1.66. The van der Waals surface area contributed by atoms with Gasteiger partial charge in [0.15, 0.2) is 0 Å². The Morgan fingerprint density at radius 3 is 2.75 bits per heavy atom. The number of carboxylic acid groups (broad SMARTS) is 1. The molecule has 20 heavy (non-hydrogen) atoms. The molecule has 0 aliphatic heterocycles. The standard InChI is InChI=1S/C13H14N2O4S/c16-7-9(13(18)19)14-11(17)5-6-12-15-8-3-1-2-4-10(8)20-12/h1-4,9,16H,5-7H2,(H,14,17)(H,18,19)/t9-/m0/s1. The first-order valence-electron chi connectivity index (χ1n) is 6.07. The van der Waals surface area contributed by atoms with Crippen molar-refractivity contribution in [2.75, 3.05) is 6.61 Å². The van der Waals surface area contributed by atoms with Crippen molar-refractivity contribution in [1.29, 1.82) is 0 Å². The number of thiazole rings is 1. The minimum absolute atomic E-state index is 0.142. The number of aliphatic hydroxyl groups excluding tert-OH is 1. The van der Waals surface area contributed by atoms with E-state index in [0.29, 0.717) is 6.42 Å². The van der Waals surface area contributed by atoms with Gasteiger partial charge in [0.05, 0.1) is 21.8 Å². The molecular weight excluding hydrogens is 280 g/mol. The smallest absolute Gasteiger partial charge is 0.328 e. The Morgan fingerprint density at radius 1 is 1.35 bits per heavy atom. The second-order valence-corrected chi connectivity index (χ2v) is 5.33. The van der Waals surface area contributed by atoms with E-state index >= 15 is 0 Å². The topological polar surface area (TPSA) is 99.5 Å². The number of nitrogens with zero attached hydrogens (tertiary/aromatic N) is 1. The first-order valence-corrected chi connectivity index (χ1v) is 6.89. The predicted molar refractivity (Wildman–Crippen MR) is 74.6 cm³/mol. The Hall–Kier alpha value is -1.99. The van der Waals surface area contributed by atoms with Gasteiger partial charge in [0.25, 0.3) is 0 Å². The summed E-state index contributed by atoms with van der Waals surface area (Å²) in [4.78, 5) is 26.7. The molecule has 1 heterocycles. The zero-order chi connectivity index (χ0) is 14.5. The molecule has 7 heteroatoms. The van der Waals surface area contributed by atoms with Crippen LogP contribution in [0.1, 0.15) is 11.4 Å². The Morgan fingerprint density at radius 2 is 2.10 bits per heavy atom. The van der Waals surface area contributed by atoms with E-state index in [1.54, 1.807) is 0 Å². The summed E-state index contributed by atoms with van der Waals surface area (Å²) in [5, 5.41) is 20.6. The predicted octanol–water partition coefficient (Wildman–Crippen LogP) is 0.791. The normalized spacial score (nSPS) is 12.2. The number of carbonyl (C=O) groups excluding carboxylic acids is 1. The summed E-state index contributed by atoms with van der Waals surface area (Å²) < 4.78 is 1.06. The maximum Gasteiger partial charge on any atom is 0.328 e. The third-order valence-corrected chi connectivity index (χ3v) is 3.82. The second kappa shape index (κ2) is 6.44. The van der Waals surface area contributed by atoms with Gasteiger partial charge in [0.1, 0.15) is 6.04 Å². The van der Waals surface area contributed by atoms with Crippen LogP contribution in [0.25, 0.3) is 10.2 Å². The van der Waals surface area contributed by atoms with Crippen molar-refractivity contribution in [3.8, 4) is 0 Å². The molecule has 1 amide bonds. The van der Waals surface area contributed by atoms with Crippen LogP contribution in [0.15, 0.2) is 24.3 Å². The van der Waals surface area contributed by atoms with E-state index in [1.807, 2.05) is 24.3 Å². The average Bonchev–Trinajstić information content (AvgIpc) is 2.85. The molecule has 0 saturated carbocycles. The third kappa shape index (κ3) is 3.52. The molecule has 106 valence electrons. The van der Waals surface area contributed by atoms with Gasteiger partial charge in [-0.2, -0.15) is 0 Å². The van der Waals surface area contributed by atoms with Crippen LogP contribution in [0.4, 0.5) is 0 Å². The number of hydrogen-bond acceptors (Lipinski definition) is 5. The lowest BCUT2D eigenvalue weighted by molar-refractivity contribution is -0.142. The number of nitrogens with one attached hydrogen (secondary N) is 1. The first-order chi connectivity index (χ1) is 9.60. The van der Waals surface area contributed by atoms with E-state index in [2.05, 4.69) is 10.3 Å². The van der Waals surface area contributed by atoms with Crippen LogP contribution in [-0.4, -0.2) is 39.7 Å². The number of rotatable bonds is 6. The molecule has 0 spiro atoms. The van der Waals surface area contributed by atoms with E-state index in [-0.39, 0.29) is 6.42 Å². The molecule has 0 aliphatic carbocycles. The molecular formula is C13H14N2O4S. The average molecular weight is 294 g/mol. The summed E-state index contributed by atoms with van der Waals surface area (Å²) in [6, 6.07) is 6.44. The lowest BCUT2D eigenvalue weighted by atomic mass is 10.2. The molecule has 0 unspecified atom stereocenters. The maximum atomic E-state index is 11.6. The van der Waals surface area contributed by atoms with E-state index < -0.39 is 24.5 Å². The Balaban J connectivity index is 1.91. The maximum absolute atomic E-state index is 11.6. The number of amides is 1. The SMILES string of the molecule is O=C(CCc1nc2ccccc2s1)N[C@@H](CO)C(=O)O. The highest BCUT2D eigenvalue weighted by Gasteiger charge is 2.18. The van der Waals surface area contributed by atoms with Crippen molar-refractivity contribution in [2.24, 2.45) is 0 Å². The number of aliphatic hydroxyl groups is 1. The lowest BCUT2D eigenvalue weighted by Crippen LogP contribution is -2.43. The molecule has 1 aromatic carbocycles. The highest BCUT2D eigenvalue weighted by Crippen LogP contribution is 2.22. The molecule has 0 radical (unpaired) electrons. The van der Waals surface area contributed by atoms with Crippen LogP contribution in [-0.2, 0) is 16.0 Å². The summed E-state index contributed by atoms with van der Waals surface area (Å²) in [7, 11) is 0. The summed E-state index contributed by atoms with van der Waals surface area (Å²) >= 11 is 1.51. The van der Waals surface area contributed by atoms with E-state index in [0.717, 1.165) is 15.2 Å². The largest absolute Gasteiger partial charge is 0.480 e. The van der Waals surface area contributed by atoms with Crippen LogP contribution in [0.3, 0.4) is 0 Å². The molecule has 2 aromatic rings. The van der Waals surface area contributed by atoms with Gasteiger partial charge in [0, 0.05) is 12.8 Å². The summed E-state index contributed by atoms with van der Waals surface area (Å²) in [5.41, 5.74) is 0.895. The molecule has 1 aromatic heterocycles. The first kappa shape index (κ1) is 14.4. The minimum atomic E-state index is -1.25. The number of hydrogen-bond donors (Lipinski definition) is 3. The molecule has 0 bridgehead atoms. The van der Waals surface area contributed by atoms with Crippen molar-refractivity contribution in [1.82, 2.24) is 10.3 Å². The second-order valence-electron chi connectivity index (χ2n) is 4.22. The van der Waals surface area contributed by atoms with Crippen molar-refractivity contribution in [2.45, 2.75) is 18.9 Å². The van der Waals surface area contributed by atoms with Gasteiger partial charge in [0.2, 0.25) is 5.91 Å². The Kier molecular flexibility index (Phi) is 4.65. The number of aromatic nitrogens is 1. The number of benzene rings is 1. The number of carboxylic acids is 1. The van der Waals surface area contributed by atoms with Gasteiger partial charge < -0.3 is 15.5 Å². The molecule has 2 rings (SSSR count). The van der Waals surface area contributed by atoms with Crippen molar-refractivity contribution >= 4 is 33.4 Å². The zero-order valence-electron chi connectivity index (χ0n) is 10.6. The third-order valence-electron chi connectivity index (χ3n) is 2.72. The van der Waals surface area contributed by atoms with Crippen LogP contribution in [0.5, 0.6) is 0 Å². The summed E-state index contributed by atoms with van der Waals surface area (Å²) in [6.45, 7) is -0.623. The minimum Gasteiger partial charge on any atom is -0.480 e. The van der Waals surface area contributed by atoms with Crippen LogP contribution >= 0.6 is 11.3 Å². The lowest BCUT2D eigenvalue weighted by Gasteiger charge is -2.10. The fourth-order valence-corrected chi connectivity index (χ4v) is 2.67. The molecule has 0 fully saturated rings. The molecule has 0 aliphatic rings. The number of aliphatic carboxylic acids is 1. The molecule has 1 atom stereocenters. The van der Waals surface area contributed by atoms with Crippen LogP contribution in [0.2, 0.25) is 0 Å². The van der Waals surface area contributed by atoms with Gasteiger partial charge in [-0.05, 0) is 12.1 Å². The molecule has 3 N–H and O–H groups in total. The Labute approximate surface area is 119 Å². The van der Waals surface area contributed by atoms with Crippen molar-refractivity contribution in [3.63, 3.8) is 0 Å². The molecule has 6 nitrogen and oxygen atoms in total. The van der Waals surface area contributed by atoms with Crippen LogP contribution < -0.4 is 5.32 Å². The van der Waals surface area contributed by atoms with E-state index in [9.17, 15) is 9.59 Å².